The largest absolute Gasteiger partial charge is 0.442 e. The summed E-state index contributed by atoms with van der Waals surface area (Å²) in [6.45, 7) is 3.73. The van der Waals surface area contributed by atoms with Crippen LogP contribution in [0.15, 0.2) is 34.8 Å². The highest BCUT2D eigenvalue weighted by Gasteiger charge is 2.62. The molecular weight excluding hydrogens is 355 g/mol. The lowest BCUT2D eigenvalue weighted by Crippen LogP contribution is -2.14. The molecule has 0 bridgehead atoms. The number of nitro benzene ring substituents is 1. The molecule has 6 nitrogen and oxygen atoms in total. The van der Waals surface area contributed by atoms with E-state index in [4.69, 9.17) is 27.9 Å². The van der Waals surface area contributed by atoms with Crippen molar-refractivity contribution < 1.29 is 14.5 Å². The van der Waals surface area contributed by atoms with Crippen LogP contribution in [0.3, 0.4) is 0 Å². The standard InChI is InChI=1S/C16H14Cl2N2O4/c1-16(2)11(7-13(17)18)14(16)15(21)24-12(8-19)9-4-3-5-10(6-9)20(22)23/h3-7,11-12,14H,1-2H3. The Morgan fingerprint density at radius 1 is 1.50 bits per heavy atom. The van der Waals surface area contributed by atoms with E-state index >= 15 is 0 Å². The van der Waals surface area contributed by atoms with E-state index in [0.717, 1.165) is 0 Å². The van der Waals surface area contributed by atoms with E-state index in [9.17, 15) is 20.2 Å². The predicted octanol–water partition coefficient (Wildman–Crippen LogP) is 4.29. The summed E-state index contributed by atoms with van der Waals surface area (Å²) in [6, 6.07) is 7.30. The third-order valence-electron chi connectivity index (χ3n) is 4.21. The van der Waals surface area contributed by atoms with Gasteiger partial charge in [0.1, 0.15) is 10.6 Å². The number of non-ortho nitro benzene ring substituents is 1. The molecule has 0 heterocycles. The number of nitrogens with zero attached hydrogens (tertiary/aromatic N) is 2. The monoisotopic (exact) mass is 368 g/mol. The van der Waals surface area contributed by atoms with Crippen molar-refractivity contribution in [2.45, 2.75) is 20.0 Å². The maximum atomic E-state index is 12.4. The fourth-order valence-corrected chi connectivity index (χ4v) is 3.01. The average molecular weight is 369 g/mol. The number of carbonyl (C=O) groups is 1. The third kappa shape index (κ3) is 3.69. The molecule has 1 aliphatic rings. The van der Waals surface area contributed by atoms with Crippen LogP contribution >= 0.6 is 23.2 Å². The number of carbonyl (C=O) groups excluding carboxylic acids is 1. The van der Waals surface area contributed by atoms with Crippen molar-refractivity contribution in [2.75, 3.05) is 0 Å². The van der Waals surface area contributed by atoms with Crippen LogP contribution < -0.4 is 0 Å². The van der Waals surface area contributed by atoms with Crippen molar-refractivity contribution in [2.24, 2.45) is 17.3 Å². The molecule has 3 atom stereocenters. The molecule has 0 aromatic heterocycles. The number of rotatable bonds is 5. The Kier molecular flexibility index (Phi) is 5.16. The van der Waals surface area contributed by atoms with Crippen LogP contribution in [0, 0.1) is 38.7 Å². The van der Waals surface area contributed by atoms with Gasteiger partial charge in [0, 0.05) is 17.7 Å². The highest BCUT2D eigenvalue weighted by atomic mass is 35.5. The van der Waals surface area contributed by atoms with E-state index in [0.29, 0.717) is 0 Å². The first-order valence-corrected chi connectivity index (χ1v) is 7.81. The van der Waals surface area contributed by atoms with Gasteiger partial charge in [-0.3, -0.25) is 14.9 Å². The number of esters is 1. The first-order chi connectivity index (χ1) is 11.2. The minimum Gasteiger partial charge on any atom is -0.442 e. The Bertz CT molecular complexity index is 751. The maximum Gasteiger partial charge on any atom is 0.311 e. The van der Waals surface area contributed by atoms with Crippen LogP contribution in [0.2, 0.25) is 0 Å². The van der Waals surface area contributed by atoms with Gasteiger partial charge < -0.3 is 4.74 Å². The van der Waals surface area contributed by atoms with Gasteiger partial charge in [0.05, 0.1) is 10.8 Å². The van der Waals surface area contributed by atoms with Gasteiger partial charge in [-0.2, -0.15) is 5.26 Å². The lowest BCUT2D eigenvalue weighted by molar-refractivity contribution is -0.385. The molecule has 0 aliphatic heterocycles. The van der Waals surface area contributed by atoms with Crippen molar-refractivity contribution in [3.63, 3.8) is 0 Å². The molecule has 1 aromatic carbocycles. The average Bonchev–Trinajstić information content (AvgIpc) is 3.04. The lowest BCUT2D eigenvalue weighted by Gasteiger charge is -2.11. The number of benzene rings is 1. The van der Waals surface area contributed by atoms with Gasteiger partial charge in [-0.25, -0.2) is 0 Å². The van der Waals surface area contributed by atoms with E-state index in [-0.39, 0.29) is 27.1 Å². The Morgan fingerprint density at radius 3 is 2.71 bits per heavy atom. The van der Waals surface area contributed by atoms with Crippen LogP contribution in [0.25, 0.3) is 0 Å². The van der Waals surface area contributed by atoms with Gasteiger partial charge in [0.25, 0.3) is 5.69 Å². The van der Waals surface area contributed by atoms with E-state index in [1.54, 1.807) is 6.08 Å². The first kappa shape index (κ1) is 18.2. The minimum atomic E-state index is -1.22. The molecule has 0 radical (unpaired) electrons. The molecule has 8 heteroatoms. The molecular formula is C16H14Cl2N2O4. The zero-order valence-corrected chi connectivity index (χ0v) is 14.4. The van der Waals surface area contributed by atoms with E-state index in [1.807, 2.05) is 19.9 Å². The molecule has 1 aliphatic carbocycles. The second kappa shape index (κ2) is 6.80. The highest BCUT2D eigenvalue weighted by Crippen LogP contribution is 2.60. The number of ether oxygens (including phenoxy) is 1. The van der Waals surface area contributed by atoms with Crippen LogP contribution in [-0.2, 0) is 9.53 Å². The molecule has 126 valence electrons. The summed E-state index contributed by atoms with van der Waals surface area (Å²) < 4.78 is 5.32. The molecule has 0 amide bonds. The number of nitriles is 1. The van der Waals surface area contributed by atoms with Crippen molar-refractivity contribution in [1.29, 1.82) is 5.26 Å². The SMILES string of the molecule is CC1(C)C(C=C(Cl)Cl)C1C(=O)OC(C#N)c1cccc([N+](=O)[O-])c1. The summed E-state index contributed by atoms with van der Waals surface area (Å²) in [5.41, 5.74) is -0.305. The van der Waals surface area contributed by atoms with Crippen molar-refractivity contribution in [1.82, 2.24) is 0 Å². The number of hydrogen-bond acceptors (Lipinski definition) is 5. The molecule has 0 saturated heterocycles. The summed E-state index contributed by atoms with van der Waals surface area (Å²) in [7, 11) is 0. The summed E-state index contributed by atoms with van der Waals surface area (Å²) in [5.74, 6) is -1.21. The van der Waals surface area contributed by atoms with E-state index in [1.165, 1.54) is 24.3 Å². The second-order valence-electron chi connectivity index (χ2n) is 6.08. The molecule has 3 unspecified atom stereocenters. The van der Waals surface area contributed by atoms with Crippen molar-refractivity contribution >= 4 is 34.9 Å². The van der Waals surface area contributed by atoms with Crippen molar-refractivity contribution in [3.05, 3.63) is 50.5 Å². The Labute approximate surface area is 148 Å². The zero-order valence-electron chi connectivity index (χ0n) is 12.9. The first-order valence-electron chi connectivity index (χ1n) is 7.05. The summed E-state index contributed by atoms with van der Waals surface area (Å²) in [5, 5.41) is 20.1. The molecule has 24 heavy (non-hydrogen) atoms. The summed E-state index contributed by atoms with van der Waals surface area (Å²) in [4.78, 5) is 22.6. The molecule has 1 aromatic rings. The Morgan fingerprint density at radius 2 is 2.17 bits per heavy atom. The van der Waals surface area contributed by atoms with E-state index < -0.39 is 22.9 Å². The molecule has 0 N–H and O–H groups in total. The lowest BCUT2D eigenvalue weighted by atomic mass is 10.1. The predicted molar refractivity (Wildman–Crippen MR) is 88.1 cm³/mol. The van der Waals surface area contributed by atoms with E-state index in [2.05, 4.69) is 0 Å². The van der Waals surface area contributed by atoms with Crippen LogP contribution in [-0.4, -0.2) is 10.9 Å². The summed E-state index contributed by atoms with van der Waals surface area (Å²) in [6.07, 6.45) is 0.356. The van der Waals surface area contributed by atoms with Gasteiger partial charge in [-0.05, 0) is 17.4 Å². The molecule has 1 fully saturated rings. The second-order valence-corrected chi connectivity index (χ2v) is 7.09. The van der Waals surface area contributed by atoms with Gasteiger partial charge in [0.2, 0.25) is 6.10 Å². The smallest absolute Gasteiger partial charge is 0.311 e. The van der Waals surface area contributed by atoms with Crippen LogP contribution in [0.1, 0.15) is 25.5 Å². The number of hydrogen-bond donors (Lipinski definition) is 0. The van der Waals surface area contributed by atoms with Gasteiger partial charge in [-0.1, -0.05) is 49.2 Å². The Balaban J connectivity index is 2.16. The van der Waals surface area contributed by atoms with Gasteiger partial charge in [-0.15, -0.1) is 0 Å². The van der Waals surface area contributed by atoms with Gasteiger partial charge in [0.15, 0.2) is 0 Å². The fourth-order valence-electron chi connectivity index (χ4n) is 2.73. The molecule has 2 rings (SSSR count). The third-order valence-corrected chi connectivity index (χ3v) is 4.46. The number of allylic oxidation sites excluding steroid dienone is 1. The maximum absolute atomic E-state index is 12.4. The van der Waals surface area contributed by atoms with Crippen LogP contribution in [0.5, 0.6) is 0 Å². The Hall–Kier alpha value is -2.10. The quantitative estimate of drug-likeness (QED) is 0.438. The van der Waals surface area contributed by atoms with Crippen LogP contribution in [0.4, 0.5) is 5.69 Å². The number of halogens is 2. The highest BCUT2D eigenvalue weighted by molar-refractivity contribution is 6.55. The molecule has 0 spiro atoms. The normalized spacial score (nSPS) is 22.0. The molecule has 1 saturated carbocycles. The fraction of sp³-hybridized carbons (Fsp3) is 0.375. The summed E-state index contributed by atoms with van der Waals surface area (Å²) >= 11 is 11.3. The topological polar surface area (TPSA) is 93.2 Å². The zero-order chi connectivity index (χ0) is 18.1. The minimum absolute atomic E-state index is 0.0684. The van der Waals surface area contributed by atoms with Crippen molar-refractivity contribution in [3.8, 4) is 6.07 Å². The number of nitro groups is 1. The van der Waals surface area contributed by atoms with Gasteiger partial charge >= 0.3 is 5.97 Å².